The summed E-state index contributed by atoms with van der Waals surface area (Å²) in [6.07, 6.45) is 27.8. The number of aliphatic hydroxyl groups excluding tert-OH is 1. The van der Waals surface area contributed by atoms with Crippen LogP contribution in [0, 0.1) is 0 Å². The number of imidazole rings is 2. The van der Waals surface area contributed by atoms with Crippen LogP contribution in [0.2, 0.25) is 5.02 Å². The summed E-state index contributed by atoms with van der Waals surface area (Å²) < 4.78 is 53.3. The van der Waals surface area contributed by atoms with Gasteiger partial charge in [-0.2, -0.15) is 0 Å². The highest BCUT2D eigenvalue weighted by Gasteiger charge is 2.24. The fourth-order valence-electron chi connectivity index (χ4n) is 13.5. The Balaban J connectivity index is 0.000000212. The summed E-state index contributed by atoms with van der Waals surface area (Å²) in [7, 11) is 3.27. The molecule has 0 radical (unpaired) electrons. The molecule has 150 heavy (non-hydrogen) atoms. The van der Waals surface area contributed by atoms with Crippen LogP contribution < -0.4 is 41.9 Å². The fraction of sp³-hybridized carbons (Fsp3) is 0.232. The normalized spacial score (nSPS) is 10.2. The first-order valence-corrected chi connectivity index (χ1v) is 47.9. The highest BCUT2D eigenvalue weighted by molar-refractivity contribution is 6.33. The molecule has 38 heteroatoms. The number of carbonyl (C=O) groups excluding carboxylic acids is 5. The predicted octanol–water partition coefficient (Wildman–Crippen LogP) is 17.8. The number of ether oxygens (including phenoxy) is 9. The predicted molar refractivity (Wildman–Crippen MR) is 573 cm³/mol. The number of para-hydroxylation sites is 6. The number of aryl methyl sites for hydroxylation is 3. The second-order valence-electron chi connectivity index (χ2n) is 31.0. The lowest BCUT2D eigenvalue weighted by molar-refractivity contribution is -0.148. The van der Waals surface area contributed by atoms with Crippen LogP contribution in [0.5, 0.6) is 23.3 Å². The van der Waals surface area contributed by atoms with Crippen molar-refractivity contribution in [1.29, 1.82) is 0 Å². The van der Waals surface area contributed by atoms with Crippen molar-refractivity contribution in [2.75, 3.05) is 71.5 Å². The van der Waals surface area contributed by atoms with E-state index in [0.29, 0.717) is 71.2 Å². The molecule has 0 aliphatic rings. The van der Waals surface area contributed by atoms with E-state index in [0.717, 1.165) is 72.4 Å². The summed E-state index contributed by atoms with van der Waals surface area (Å²) in [4.78, 5) is 144. The SMILES string of the molecule is C.CCOC(=O)C(=CNc1ccccn1)C(=O)OCC.CCOC(=O)c1cnc2ccccn2c1=O.CCOC=C(C(=O)OCC)C(=O)OCC.COc1cc(CCCCCn2cnc3ccccc32)ccn1.COc1cc(CN(CCCn2cnc3ccccc32)Cc2cnc3ccccn3c2=O)ccn1.Nc1ccccn1.O=C(O)c1ccccc1Cl.O=c1c(CO)cnc2ccccn12.c1ccc(Oc2ccccc2)cc1. The highest BCUT2D eigenvalue weighted by atomic mass is 35.5. The lowest BCUT2D eigenvalue weighted by atomic mass is 10.1. The number of aliphatic hydroxyl groups is 1. The topological polar surface area (TPSA) is 458 Å². The highest BCUT2D eigenvalue weighted by Crippen LogP contribution is 2.23. The minimum Gasteiger partial charge on any atom is -0.500 e. The maximum absolute atomic E-state index is 13.1. The third-order valence-electron chi connectivity index (χ3n) is 20.7. The van der Waals surface area contributed by atoms with Gasteiger partial charge in [-0.05, 0) is 212 Å². The number of esters is 5. The van der Waals surface area contributed by atoms with E-state index < -0.39 is 41.4 Å². The van der Waals surface area contributed by atoms with Crippen LogP contribution in [-0.2, 0) is 86.8 Å². The van der Waals surface area contributed by atoms with Gasteiger partial charge in [0.25, 0.3) is 16.7 Å². The number of benzene rings is 5. The maximum Gasteiger partial charge on any atom is 0.348 e. The van der Waals surface area contributed by atoms with E-state index in [1.54, 1.807) is 182 Å². The summed E-state index contributed by atoms with van der Waals surface area (Å²) in [5, 5.41) is 20.3. The van der Waals surface area contributed by atoms with Crippen LogP contribution in [0.4, 0.5) is 11.6 Å². The van der Waals surface area contributed by atoms with Crippen LogP contribution in [0.15, 0.2) is 361 Å². The van der Waals surface area contributed by atoms with E-state index in [-0.39, 0.29) is 85.5 Å². The van der Waals surface area contributed by atoms with Gasteiger partial charge in [0, 0.05) is 113 Å². The van der Waals surface area contributed by atoms with Gasteiger partial charge < -0.3 is 73.0 Å². The second-order valence-corrected chi connectivity index (χ2v) is 31.4. The van der Waals surface area contributed by atoms with Gasteiger partial charge in [0.05, 0.1) is 117 Å². The number of rotatable bonds is 34. The zero-order valence-corrected chi connectivity index (χ0v) is 84.4. The van der Waals surface area contributed by atoms with Gasteiger partial charge in [-0.15, -0.1) is 0 Å². The number of pyridine rings is 7. The van der Waals surface area contributed by atoms with Crippen molar-refractivity contribution in [3.8, 4) is 23.3 Å². The lowest BCUT2D eigenvalue weighted by Crippen LogP contribution is -2.29. The van der Waals surface area contributed by atoms with Gasteiger partial charge in [0.1, 0.15) is 51.9 Å². The monoisotopic (exact) mass is 2060 g/mol. The molecule has 12 aromatic heterocycles. The van der Waals surface area contributed by atoms with Crippen molar-refractivity contribution >= 4 is 98.1 Å². The minimum absolute atomic E-state index is 0. The van der Waals surface area contributed by atoms with Crippen molar-refractivity contribution in [2.45, 2.75) is 114 Å². The van der Waals surface area contributed by atoms with Crippen LogP contribution in [0.3, 0.4) is 0 Å². The average Bonchev–Trinajstić information content (AvgIpc) is 1.84. The standard InChI is InChI=1S/C26H26N6O2.C18H21N3O.C13H16N2O4.C12H10O.C11H10N2O3.C10H16O5.C9H8N2O2.C7H5ClO2.C5H6N2.CH4/c1-34-25-15-20(10-11-27-25)17-30(12-6-13-31-19-29-22-7-2-3-8-23(22)31)18-21-16-28-24-9-4-5-14-32(24)26(21)33;1-22-18-13-15(10-11-19-18)7-3-2-6-12-21-14-20-16-8-4-5-9-17(16)21;1-3-18-12(16)10(13(17)19-4-2)9-15-11-7-5-6-8-14-11;1-3-7-11(8-4-1)13-12-9-5-2-6-10-12;1-2-16-11(15)8-7-12-9-5-3-4-6-13(9)10(8)14;1-4-13-7-8(9(11)14-5-2)10(12)15-6-3;12-6-7-5-10-8-3-1-2-4-11(8)9(7)13;8-6-4-2-1-3-5(6)7(9)10;6-5-3-1-2-4-7-5;/h2-5,7-11,14-16,19H,6,12-13,17-18H2,1H3;4-5,8-11,13-14H,2-3,6-7,12H2,1H3;5-9H,3-4H2,1-2H3,(H,14,15);1-10H;3-7H,2H2,1H3;7H,4-6H2,1-3H3;1-5,12H,6H2;1-4H,(H,9,10);1-4H,(H2,6,7);1H4. The lowest BCUT2D eigenvalue weighted by Gasteiger charge is -2.22. The first kappa shape index (κ1) is 117. The molecule has 0 aliphatic heterocycles. The van der Waals surface area contributed by atoms with E-state index >= 15 is 0 Å². The Labute approximate surface area is 871 Å². The molecule has 0 unspecified atom stereocenters. The van der Waals surface area contributed by atoms with E-state index in [1.807, 2.05) is 152 Å². The first-order chi connectivity index (χ1) is 72.5. The molecule has 0 spiro atoms. The number of nitrogens with one attached hydrogen (secondary N) is 1. The number of nitrogen functional groups attached to an aromatic ring is 1. The molecule has 0 bridgehead atoms. The zero-order valence-electron chi connectivity index (χ0n) is 83.7. The molecule has 5 N–H and O–H groups in total. The van der Waals surface area contributed by atoms with Gasteiger partial charge in [-0.1, -0.05) is 129 Å². The molecular formula is C112H122ClN17O20. The fourth-order valence-corrected chi connectivity index (χ4v) is 13.8. The summed E-state index contributed by atoms with van der Waals surface area (Å²) >= 11 is 5.54. The molecule has 0 saturated carbocycles. The number of fused-ring (bicyclic) bond motifs is 5. The van der Waals surface area contributed by atoms with Crippen molar-refractivity contribution in [1.82, 2.24) is 72.1 Å². The van der Waals surface area contributed by atoms with Crippen LogP contribution in [0.1, 0.15) is 118 Å². The number of anilines is 2. The second kappa shape index (κ2) is 65.4. The Morgan fingerprint density at radius 2 is 0.893 bits per heavy atom. The average molecular weight is 2060 g/mol. The smallest absolute Gasteiger partial charge is 0.348 e. The Morgan fingerprint density at radius 1 is 0.433 bits per heavy atom. The van der Waals surface area contributed by atoms with Crippen LogP contribution >= 0.6 is 11.6 Å². The number of aromatic nitrogens is 14. The number of halogens is 1. The molecule has 0 fully saturated rings. The van der Waals surface area contributed by atoms with Crippen LogP contribution in [0.25, 0.3) is 39.0 Å². The van der Waals surface area contributed by atoms with Gasteiger partial charge in [0.15, 0.2) is 11.1 Å². The van der Waals surface area contributed by atoms with E-state index in [9.17, 15) is 43.2 Å². The minimum atomic E-state index is -0.995. The number of aromatic carboxylic acids is 1. The van der Waals surface area contributed by atoms with Gasteiger partial charge in [-0.3, -0.25) is 32.5 Å². The van der Waals surface area contributed by atoms with E-state index in [4.69, 9.17) is 60.7 Å². The number of carboxylic acid groups (broad SMARTS) is 1. The Hall–Kier alpha value is -18.0. The molecule has 0 saturated heterocycles. The number of nitrogens with zero attached hydrogens (tertiary/aromatic N) is 15. The Kier molecular flexibility index (Phi) is 51.1. The molecule has 17 rings (SSSR count). The van der Waals surface area contributed by atoms with Gasteiger partial charge in [0.2, 0.25) is 11.8 Å². The number of hydrogen-bond acceptors (Lipinski definition) is 31. The van der Waals surface area contributed by atoms with Crippen molar-refractivity contribution < 1.29 is 81.6 Å². The number of carbonyl (C=O) groups is 6. The van der Waals surface area contributed by atoms with Crippen LogP contribution in [-0.4, -0.2) is 179 Å². The molecular weight excluding hydrogens is 1940 g/mol. The third kappa shape index (κ3) is 38.5. The largest absolute Gasteiger partial charge is 0.500 e. The van der Waals surface area contributed by atoms with Crippen molar-refractivity contribution in [2.24, 2.45) is 0 Å². The maximum atomic E-state index is 13.1. The number of nitrogens with two attached hydrogens (primary N) is 1. The number of unbranched alkanes of at least 4 members (excludes halogenated alkanes) is 2. The molecule has 782 valence electrons. The summed E-state index contributed by atoms with van der Waals surface area (Å²) in [6.45, 7) is 15.0. The number of methoxy groups -OCH3 is 2. The number of carboxylic acids is 1. The molecule has 37 nitrogen and oxygen atoms in total. The quantitative estimate of drug-likeness (QED) is 0.00553. The van der Waals surface area contributed by atoms with Gasteiger partial charge >= 0.3 is 35.8 Å². The zero-order chi connectivity index (χ0) is 107. The summed E-state index contributed by atoms with van der Waals surface area (Å²) in [5.74, 6) is -0.470. The molecule has 17 aromatic rings. The first-order valence-electron chi connectivity index (χ1n) is 47.5. The Bertz CT molecular complexity index is 7250. The molecule has 0 amide bonds. The van der Waals surface area contributed by atoms with Crippen molar-refractivity contribution in [3.05, 3.63) is 416 Å². The Morgan fingerprint density at radius 3 is 1.37 bits per heavy atom. The number of hydrogen-bond donors (Lipinski definition) is 4. The van der Waals surface area contributed by atoms with Gasteiger partial charge in [-0.25, -0.2) is 73.6 Å². The summed E-state index contributed by atoms with van der Waals surface area (Å²) in [5.41, 5.74) is 13.8. The molecule has 12 heterocycles. The third-order valence-corrected chi connectivity index (χ3v) is 21.0. The van der Waals surface area contributed by atoms with Crippen molar-refractivity contribution in [3.63, 3.8) is 0 Å². The molecule has 0 aliphatic carbocycles. The molecule has 5 aromatic carbocycles. The van der Waals surface area contributed by atoms with E-state index in [1.165, 1.54) is 63.8 Å². The van der Waals surface area contributed by atoms with E-state index in [2.05, 4.69) is 104 Å². The summed E-state index contributed by atoms with van der Waals surface area (Å²) in [6, 6.07) is 76.9. The molecule has 0 atom stereocenters.